The third-order valence-corrected chi connectivity index (χ3v) is 4.91. The summed E-state index contributed by atoms with van der Waals surface area (Å²) < 4.78 is 1.10. The number of hydrogen-bond acceptors (Lipinski definition) is 5. The summed E-state index contributed by atoms with van der Waals surface area (Å²) in [5.41, 5.74) is 3.71. The van der Waals surface area contributed by atoms with E-state index in [1.807, 2.05) is 35.5 Å². The predicted octanol–water partition coefficient (Wildman–Crippen LogP) is 1.79. The van der Waals surface area contributed by atoms with Crippen LogP contribution in [0, 0.1) is 0 Å². The molecule has 23 heavy (non-hydrogen) atoms. The molecule has 1 unspecified atom stereocenters. The van der Waals surface area contributed by atoms with Gasteiger partial charge in [0.1, 0.15) is 6.04 Å². The Hall–Kier alpha value is -2.15. The van der Waals surface area contributed by atoms with E-state index in [0.29, 0.717) is 26.2 Å². The van der Waals surface area contributed by atoms with Gasteiger partial charge in [0.15, 0.2) is 0 Å². The summed E-state index contributed by atoms with van der Waals surface area (Å²) in [6.07, 6.45) is 0. The third-order valence-electron chi connectivity index (χ3n) is 4.12. The molecule has 1 N–H and O–H groups in total. The molecule has 2 aromatic rings. The van der Waals surface area contributed by atoms with Crippen LogP contribution in [0.2, 0.25) is 0 Å². The first kappa shape index (κ1) is 15.7. The van der Waals surface area contributed by atoms with Gasteiger partial charge < -0.3 is 15.1 Å². The van der Waals surface area contributed by atoms with E-state index in [2.05, 4.69) is 10.3 Å². The summed E-state index contributed by atoms with van der Waals surface area (Å²) in [4.78, 5) is 31.7. The van der Waals surface area contributed by atoms with Crippen LogP contribution in [0.25, 0.3) is 10.2 Å². The number of nitrogens with zero attached hydrogens (tertiary/aromatic N) is 3. The van der Waals surface area contributed by atoms with Crippen LogP contribution in [-0.4, -0.2) is 58.8 Å². The molecular formula is C16H20N4O2S. The highest BCUT2D eigenvalue weighted by Crippen LogP contribution is 2.22. The van der Waals surface area contributed by atoms with Gasteiger partial charge in [-0.3, -0.25) is 9.59 Å². The molecule has 6 nitrogen and oxygen atoms in total. The average molecular weight is 332 g/mol. The van der Waals surface area contributed by atoms with E-state index in [4.69, 9.17) is 0 Å². The topological polar surface area (TPSA) is 65.5 Å². The number of aromatic nitrogens is 1. The van der Waals surface area contributed by atoms with Gasteiger partial charge >= 0.3 is 0 Å². The number of rotatable bonds is 3. The van der Waals surface area contributed by atoms with Gasteiger partial charge in [0.05, 0.1) is 15.7 Å². The normalized spacial score (nSPS) is 16.4. The number of anilines is 1. The van der Waals surface area contributed by atoms with E-state index >= 15 is 0 Å². The standard InChI is InChI=1S/C16H20N4O2S/c1-11(16(22)20-7-5-19(6-8-20)12(2)21)18-13-3-4-14-15(9-13)23-10-17-14/h3-4,9-11,18H,5-8H2,1-2H3. The van der Waals surface area contributed by atoms with Gasteiger partial charge in [0.2, 0.25) is 11.8 Å². The van der Waals surface area contributed by atoms with Gasteiger partial charge in [0, 0.05) is 38.8 Å². The van der Waals surface area contributed by atoms with Crippen LogP contribution in [0.15, 0.2) is 23.7 Å². The van der Waals surface area contributed by atoms with Crippen molar-refractivity contribution < 1.29 is 9.59 Å². The smallest absolute Gasteiger partial charge is 0.244 e. The molecule has 0 radical (unpaired) electrons. The number of thiazole rings is 1. The van der Waals surface area contributed by atoms with E-state index in [1.165, 1.54) is 0 Å². The van der Waals surface area contributed by atoms with Crippen LogP contribution in [0.4, 0.5) is 5.69 Å². The molecule has 2 heterocycles. The monoisotopic (exact) mass is 332 g/mol. The first-order valence-corrected chi connectivity index (χ1v) is 8.56. The Bertz CT molecular complexity index is 722. The van der Waals surface area contributed by atoms with Crippen molar-refractivity contribution in [2.45, 2.75) is 19.9 Å². The van der Waals surface area contributed by atoms with Crippen LogP contribution in [0.5, 0.6) is 0 Å². The van der Waals surface area contributed by atoms with Crippen molar-refractivity contribution in [1.82, 2.24) is 14.8 Å². The number of carbonyl (C=O) groups excluding carboxylic acids is 2. The zero-order valence-corrected chi connectivity index (χ0v) is 14.1. The summed E-state index contributed by atoms with van der Waals surface area (Å²) in [7, 11) is 0. The molecule has 1 aromatic heterocycles. The number of nitrogens with one attached hydrogen (secondary N) is 1. The number of carbonyl (C=O) groups is 2. The fourth-order valence-corrected chi connectivity index (χ4v) is 3.49. The van der Waals surface area contributed by atoms with Gasteiger partial charge in [-0.1, -0.05) is 0 Å². The quantitative estimate of drug-likeness (QED) is 0.931. The lowest BCUT2D eigenvalue weighted by Gasteiger charge is -2.35. The second-order valence-electron chi connectivity index (χ2n) is 5.73. The Kier molecular flexibility index (Phi) is 4.47. The van der Waals surface area contributed by atoms with Crippen molar-refractivity contribution in [2.24, 2.45) is 0 Å². The fourth-order valence-electron chi connectivity index (χ4n) is 2.77. The van der Waals surface area contributed by atoms with E-state index in [1.54, 1.807) is 23.2 Å². The van der Waals surface area contributed by atoms with Crippen molar-refractivity contribution in [3.63, 3.8) is 0 Å². The van der Waals surface area contributed by atoms with Crippen LogP contribution >= 0.6 is 11.3 Å². The molecule has 0 spiro atoms. The van der Waals surface area contributed by atoms with E-state index in [9.17, 15) is 9.59 Å². The summed E-state index contributed by atoms with van der Waals surface area (Å²) in [6.45, 7) is 5.85. The van der Waals surface area contributed by atoms with Crippen molar-refractivity contribution in [1.29, 1.82) is 0 Å². The lowest BCUT2D eigenvalue weighted by molar-refractivity contribution is -0.138. The van der Waals surface area contributed by atoms with Crippen molar-refractivity contribution in [3.05, 3.63) is 23.7 Å². The molecular weight excluding hydrogens is 312 g/mol. The summed E-state index contributed by atoms with van der Waals surface area (Å²) in [5, 5.41) is 3.26. The van der Waals surface area contributed by atoms with Gasteiger partial charge in [-0.25, -0.2) is 4.98 Å². The van der Waals surface area contributed by atoms with Crippen LogP contribution < -0.4 is 5.32 Å². The molecule has 2 amide bonds. The second kappa shape index (κ2) is 6.54. The minimum absolute atomic E-state index is 0.0672. The minimum Gasteiger partial charge on any atom is -0.374 e. The maximum absolute atomic E-state index is 12.5. The molecule has 1 atom stereocenters. The molecule has 1 aliphatic heterocycles. The highest BCUT2D eigenvalue weighted by molar-refractivity contribution is 7.16. The Morgan fingerprint density at radius 3 is 2.61 bits per heavy atom. The van der Waals surface area contributed by atoms with Crippen LogP contribution in [-0.2, 0) is 9.59 Å². The lowest BCUT2D eigenvalue weighted by Crippen LogP contribution is -2.53. The molecule has 1 aliphatic rings. The molecule has 3 rings (SSSR count). The highest BCUT2D eigenvalue weighted by Gasteiger charge is 2.25. The van der Waals surface area contributed by atoms with Gasteiger partial charge in [-0.15, -0.1) is 11.3 Å². The zero-order chi connectivity index (χ0) is 16.4. The van der Waals surface area contributed by atoms with Gasteiger partial charge in [-0.05, 0) is 25.1 Å². The Morgan fingerprint density at radius 2 is 1.91 bits per heavy atom. The first-order valence-electron chi connectivity index (χ1n) is 7.68. The summed E-state index contributed by atoms with van der Waals surface area (Å²) in [5.74, 6) is 0.138. The maximum Gasteiger partial charge on any atom is 0.244 e. The molecule has 7 heteroatoms. The second-order valence-corrected chi connectivity index (χ2v) is 6.62. The van der Waals surface area contributed by atoms with Gasteiger partial charge in [0.25, 0.3) is 0 Å². The summed E-state index contributed by atoms with van der Waals surface area (Å²) in [6, 6.07) is 5.62. The Morgan fingerprint density at radius 1 is 1.22 bits per heavy atom. The lowest BCUT2D eigenvalue weighted by atomic mass is 10.2. The Balaban J connectivity index is 1.60. The molecule has 1 fully saturated rings. The zero-order valence-electron chi connectivity index (χ0n) is 13.3. The van der Waals surface area contributed by atoms with E-state index < -0.39 is 0 Å². The van der Waals surface area contributed by atoms with E-state index in [0.717, 1.165) is 15.9 Å². The summed E-state index contributed by atoms with van der Waals surface area (Å²) >= 11 is 1.58. The predicted molar refractivity (Wildman–Crippen MR) is 91.5 cm³/mol. The molecule has 0 saturated carbocycles. The Labute approximate surface area is 139 Å². The SMILES string of the molecule is CC(=O)N1CCN(C(=O)C(C)Nc2ccc3ncsc3c2)CC1. The van der Waals surface area contributed by atoms with Crippen molar-refractivity contribution in [3.8, 4) is 0 Å². The van der Waals surface area contributed by atoms with Crippen molar-refractivity contribution >= 4 is 39.1 Å². The number of piperazine rings is 1. The number of amides is 2. The fraction of sp³-hybridized carbons (Fsp3) is 0.438. The number of hydrogen-bond donors (Lipinski definition) is 1. The first-order chi connectivity index (χ1) is 11.0. The number of benzene rings is 1. The molecule has 0 aliphatic carbocycles. The largest absolute Gasteiger partial charge is 0.374 e. The van der Waals surface area contributed by atoms with E-state index in [-0.39, 0.29) is 17.9 Å². The molecule has 1 saturated heterocycles. The molecule has 122 valence electrons. The third kappa shape index (κ3) is 3.44. The van der Waals surface area contributed by atoms with Gasteiger partial charge in [-0.2, -0.15) is 0 Å². The highest BCUT2D eigenvalue weighted by atomic mass is 32.1. The maximum atomic E-state index is 12.5. The molecule has 1 aromatic carbocycles. The van der Waals surface area contributed by atoms with Crippen molar-refractivity contribution in [2.75, 3.05) is 31.5 Å². The minimum atomic E-state index is -0.302. The van der Waals surface area contributed by atoms with Crippen LogP contribution in [0.1, 0.15) is 13.8 Å². The number of fused-ring (bicyclic) bond motifs is 1. The van der Waals surface area contributed by atoms with Crippen LogP contribution in [0.3, 0.4) is 0 Å². The average Bonchev–Trinajstić information content (AvgIpc) is 3.01. The molecule has 0 bridgehead atoms.